The van der Waals surface area contributed by atoms with Crippen LogP contribution in [-0.4, -0.2) is 0 Å². The van der Waals surface area contributed by atoms with Gasteiger partial charge in [-0.2, -0.15) is 0 Å². The van der Waals surface area contributed by atoms with Crippen LogP contribution >= 0.6 is 0 Å². The molecule has 0 aliphatic carbocycles. The van der Waals surface area contributed by atoms with Crippen molar-refractivity contribution in [3.8, 4) is 0 Å². The van der Waals surface area contributed by atoms with Crippen molar-refractivity contribution < 1.29 is 4.39 Å². The number of halogens is 1. The van der Waals surface area contributed by atoms with E-state index in [4.69, 9.17) is 5.73 Å². The summed E-state index contributed by atoms with van der Waals surface area (Å²) in [6.07, 6.45) is 0. The smallest absolute Gasteiger partial charge is 0.123 e. The first kappa shape index (κ1) is 9.87. The Balaban J connectivity index is 2.29. The van der Waals surface area contributed by atoms with Gasteiger partial charge < -0.3 is 5.73 Å². The fourth-order valence-electron chi connectivity index (χ4n) is 1.52. The largest absolute Gasteiger partial charge is 0.320 e. The van der Waals surface area contributed by atoms with E-state index < -0.39 is 0 Å². The number of hydrogen-bond acceptors (Lipinski definition) is 1. The molecular weight excluding hydrogens is 189 g/mol. The van der Waals surface area contributed by atoms with Gasteiger partial charge in [-0.05, 0) is 23.3 Å². The maximum absolute atomic E-state index is 12.7. The topological polar surface area (TPSA) is 26.0 Å². The quantitative estimate of drug-likeness (QED) is 0.794. The summed E-state index contributed by atoms with van der Waals surface area (Å²) in [5, 5.41) is 0. The molecule has 2 heteroatoms. The van der Waals surface area contributed by atoms with Crippen LogP contribution in [0.25, 0.3) is 0 Å². The Bertz CT molecular complexity index is 422. The van der Waals surface area contributed by atoms with Crippen LogP contribution < -0.4 is 5.73 Å². The van der Waals surface area contributed by atoms with Gasteiger partial charge in [-0.25, -0.2) is 4.39 Å². The highest BCUT2D eigenvalue weighted by Crippen LogP contribution is 2.19. The Morgan fingerprint density at radius 3 is 1.93 bits per heavy atom. The highest BCUT2D eigenvalue weighted by molar-refractivity contribution is 5.31. The molecule has 0 unspecified atom stereocenters. The van der Waals surface area contributed by atoms with Gasteiger partial charge in [0, 0.05) is 0 Å². The average Bonchev–Trinajstić information content (AvgIpc) is 2.30. The molecule has 0 bridgehead atoms. The van der Waals surface area contributed by atoms with Gasteiger partial charge >= 0.3 is 0 Å². The van der Waals surface area contributed by atoms with Crippen LogP contribution in [0.1, 0.15) is 17.2 Å². The molecule has 0 saturated carbocycles. The molecule has 0 heterocycles. The van der Waals surface area contributed by atoms with E-state index in [9.17, 15) is 4.39 Å². The molecule has 0 radical (unpaired) electrons. The van der Waals surface area contributed by atoms with Crippen LogP contribution in [0.5, 0.6) is 0 Å². The molecule has 0 fully saturated rings. The van der Waals surface area contributed by atoms with E-state index in [0.29, 0.717) is 0 Å². The van der Waals surface area contributed by atoms with Crippen molar-refractivity contribution in [2.24, 2.45) is 5.73 Å². The summed E-state index contributed by atoms with van der Waals surface area (Å²) >= 11 is 0. The zero-order valence-electron chi connectivity index (χ0n) is 8.23. The zero-order chi connectivity index (χ0) is 10.7. The van der Waals surface area contributed by atoms with Crippen molar-refractivity contribution in [2.75, 3.05) is 0 Å². The second-order valence-electron chi connectivity index (χ2n) is 3.44. The highest BCUT2D eigenvalue weighted by atomic mass is 19.1. The third kappa shape index (κ3) is 2.22. The molecule has 2 rings (SSSR count). The molecule has 2 N–H and O–H groups in total. The summed E-state index contributed by atoms with van der Waals surface area (Å²) in [5.41, 5.74) is 7.99. The molecule has 2 aromatic carbocycles. The van der Waals surface area contributed by atoms with E-state index in [0.717, 1.165) is 11.1 Å². The van der Waals surface area contributed by atoms with Crippen molar-refractivity contribution in [3.63, 3.8) is 0 Å². The van der Waals surface area contributed by atoms with Gasteiger partial charge in [0.2, 0.25) is 0 Å². The second kappa shape index (κ2) is 4.24. The van der Waals surface area contributed by atoms with E-state index >= 15 is 0 Å². The third-order valence-electron chi connectivity index (χ3n) is 2.39. The molecule has 15 heavy (non-hydrogen) atoms. The molecule has 0 amide bonds. The normalized spacial score (nSPS) is 12.4. The summed E-state index contributed by atoms with van der Waals surface area (Å²) in [7, 11) is 0. The van der Waals surface area contributed by atoms with E-state index in [1.54, 1.807) is 12.1 Å². The molecule has 76 valence electrons. The lowest BCUT2D eigenvalue weighted by Crippen LogP contribution is -2.11. The molecule has 0 spiro atoms. The fourth-order valence-corrected chi connectivity index (χ4v) is 1.52. The molecule has 1 atom stereocenters. The van der Waals surface area contributed by atoms with Crippen molar-refractivity contribution in [1.29, 1.82) is 0 Å². The molecule has 0 saturated heterocycles. The van der Waals surface area contributed by atoms with Gasteiger partial charge in [-0.1, -0.05) is 42.5 Å². The second-order valence-corrected chi connectivity index (χ2v) is 3.44. The number of rotatable bonds is 2. The Kier molecular flexibility index (Phi) is 2.79. The molecular formula is C13H12FN. The van der Waals surface area contributed by atoms with Gasteiger partial charge in [0.25, 0.3) is 0 Å². The summed E-state index contributed by atoms with van der Waals surface area (Å²) in [6, 6.07) is 15.9. The lowest BCUT2D eigenvalue weighted by atomic mass is 10.00. The maximum Gasteiger partial charge on any atom is 0.123 e. The minimum Gasteiger partial charge on any atom is -0.320 e. The molecule has 1 nitrogen and oxygen atoms in total. The van der Waals surface area contributed by atoms with Gasteiger partial charge in [-0.15, -0.1) is 0 Å². The van der Waals surface area contributed by atoms with Crippen molar-refractivity contribution in [2.45, 2.75) is 6.04 Å². The van der Waals surface area contributed by atoms with Gasteiger partial charge in [0.15, 0.2) is 0 Å². The summed E-state index contributed by atoms with van der Waals surface area (Å²) in [4.78, 5) is 0. The van der Waals surface area contributed by atoms with Crippen LogP contribution in [0, 0.1) is 5.82 Å². The van der Waals surface area contributed by atoms with E-state index in [1.807, 2.05) is 30.3 Å². The summed E-state index contributed by atoms with van der Waals surface area (Å²) in [6.45, 7) is 0. The number of hydrogen-bond donors (Lipinski definition) is 1. The summed E-state index contributed by atoms with van der Waals surface area (Å²) in [5.74, 6) is -0.237. The third-order valence-corrected chi connectivity index (χ3v) is 2.39. The lowest BCUT2D eigenvalue weighted by molar-refractivity contribution is 0.626. The predicted molar refractivity (Wildman–Crippen MR) is 58.9 cm³/mol. The number of nitrogens with two attached hydrogens (primary N) is 1. The number of benzene rings is 2. The average molecular weight is 201 g/mol. The van der Waals surface area contributed by atoms with Crippen molar-refractivity contribution >= 4 is 0 Å². The van der Waals surface area contributed by atoms with Gasteiger partial charge in [0.05, 0.1) is 6.04 Å². The van der Waals surface area contributed by atoms with Crippen LogP contribution in [0.2, 0.25) is 0 Å². The zero-order valence-corrected chi connectivity index (χ0v) is 8.23. The summed E-state index contributed by atoms with van der Waals surface area (Å²) < 4.78 is 12.7. The van der Waals surface area contributed by atoms with Crippen LogP contribution in [0.4, 0.5) is 4.39 Å². The van der Waals surface area contributed by atoms with E-state index in [1.165, 1.54) is 12.1 Å². The first-order valence-corrected chi connectivity index (χ1v) is 4.83. The Hall–Kier alpha value is -1.67. The first-order valence-electron chi connectivity index (χ1n) is 4.83. The van der Waals surface area contributed by atoms with Crippen LogP contribution in [0.15, 0.2) is 54.6 Å². The lowest BCUT2D eigenvalue weighted by Gasteiger charge is -2.11. The van der Waals surface area contributed by atoms with Gasteiger partial charge in [-0.3, -0.25) is 0 Å². The fraction of sp³-hybridized carbons (Fsp3) is 0.0769. The molecule has 2 aromatic rings. The Morgan fingerprint density at radius 1 is 0.800 bits per heavy atom. The molecule has 0 aliphatic heterocycles. The van der Waals surface area contributed by atoms with Crippen LogP contribution in [-0.2, 0) is 0 Å². The van der Waals surface area contributed by atoms with Crippen molar-refractivity contribution in [1.82, 2.24) is 0 Å². The Labute approximate surface area is 88.4 Å². The Morgan fingerprint density at radius 2 is 1.33 bits per heavy atom. The first-order chi connectivity index (χ1) is 7.27. The predicted octanol–water partition coefficient (Wildman–Crippen LogP) is 2.87. The monoisotopic (exact) mass is 201 g/mol. The van der Waals surface area contributed by atoms with E-state index in [2.05, 4.69) is 0 Å². The minimum atomic E-state index is -0.237. The highest BCUT2D eigenvalue weighted by Gasteiger charge is 2.07. The molecule has 0 aliphatic rings. The van der Waals surface area contributed by atoms with E-state index in [-0.39, 0.29) is 11.9 Å². The SMILES string of the molecule is N[C@@H](c1ccccc1)c1ccc(F)cc1. The maximum atomic E-state index is 12.7. The minimum absolute atomic E-state index is 0.188. The standard InChI is InChI=1S/C13H12FN/c14-12-8-6-11(7-9-12)13(15)10-4-2-1-3-5-10/h1-9,13H,15H2/t13-/m0/s1. The van der Waals surface area contributed by atoms with Crippen molar-refractivity contribution in [3.05, 3.63) is 71.5 Å². The van der Waals surface area contributed by atoms with Gasteiger partial charge in [0.1, 0.15) is 5.82 Å². The molecule has 0 aromatic heterocycles. The van der Waals surface area contributed by atoms with Crippen LogP contribution in [0.3, 0.4) is 0 Å².